The summed E-state index contributed by atoms with van der Waals surface area (Å²) in [5.41, 5.74) is 0. The highest BCUT2D eigenvalue weighted by molar-refractivity contribution is 4.93. The van der Waals surface area contributed by atoms with Gasteiger partial charge in [-0.2, -0.15) is 5.26 Å². The number of nitrogens with one attached hydrogen (secondary N) is 1. The lowest BCUT2D eigenvalue weighted by atomic mass is 10.0. The first-order valence-corrected chi connectivity index (χ1v) is 6.14. The molecule has 1 fully saturated rings. The van der Waals surface area contributed by atoms with Crippen molar-refractivity contribution in [1.29, 1.82) is 5.26 Å². The Kier molecular flexibility index (Phi) is 6.39. The maximum absolute atomic E-state index is 8.98. The van der Waals surface area contributed by atoms with Gasteiger partial charge in [-0.25, -0.2) is 0 Å². The Morgan fingerprint density at radius 1 is 1.56 bits per heavy atom. The van der Waals surface area contributed by atoms with Crippen LogP contribution in [0.4, 0.5) is 0 Å². The van der Waals surface area contributed by atoms with Crippen molar-refractivity contribution in [2.75, 3.05) is 33.4 Å². The van der Waals surface area contributed by atoms with Gasteiger partial charge < -0.3 is 10.1 Å². The Balaban J connectivity index is 2.33. The number of ether oxygens (including phenoxy) is 1. The molecule has 0 bridgehead atoms. The molecule has 4 heteroatoms. The minimum atomic E-state index is 0.0366. The lowest BCUT2D eigenvalue weighted by molar-refractivity contribution is 0.122. The second-order valence-corrected chi connectivity index (χ2v) is 4.39. The fourth-order valence-electron chi connectivity index (χ4n) is 2.27. The molecule has 1 aliphatic heterocycles. The Bertz CT molecular complexity index is 227. The summed E-state index contributed by atoms with van der Waals surface area (Å²) >= 11 is 0. The van der Waals surface area contributed by atoms with E-state index >= 15 is 0 Å². The van der Waals surface area contributed by atoms with Crippen molar-refractivity contribution in [3.05, 3.63) is 0 Å². The smallest absolute Gasteiger partial charge is 0.0952 e. The fourth-order valence-corrected chi connectivity index (χ4v) is 2.27. The molecule has 92 valence electrons. The van der Waals surface area contributed by atoms with E-state index in [2.05, 4.69) is 16.3 Å². The summed E-state index contributed by atoms with van der Waals surface area (Å²) in [7, 11) is 1.71. The Morgan fingerprint density at radius 3 is 3.06 bits per heavy atom. The summed E-state index contributed by atoms with van der Waals surface area (Å²) in [4.78, 5) is 2.32. The number of hydrogen-bond acceptors (Lipinski definition) is 4. The molecule has 0 aromatic heterocycles. The van der Waals surface area contributed by atoms with Gasteiger partial charge in [0.05, 0.1) is 18.7 Å². The highest BCUT2D eigenvalue weighted by atomic mass is 16.5. The minimum Gasteiger partial charge on any atom is -0.383 e. The van der Waals surface area contributed by atoms with Crippen molar-refractivity contribution < 1.29 is 4.74 Å². The van der Waals surface area contributed by atoms with Crippen LogP contribution in [0.25, 0.3) is 0 Å². The zero-order valence-corrected chi connectivity index (χ0v) is 10.4. The Morgan fingerprint density at radius 2 is 2.38 bits per heavy atom. The van der Waals surface area contributed by atoms with E-state index in [1.165, 1.54) is 19.3 Å². The van der Waals surface area contributed by atoms with Gasteiger partial charge in [0.25, 0.3) is 0 Å². The Hall–Kier alpha value is -0.630. The zero-order valence-electron chi connectivity index (χ0n) is 10.4. The van der Waals surface area contributed by atoms with Crippen LogP contribution in [0.5, 0.6) is 0 Å². The molecular formula is C12H23N3O. The number of nitriles is 1. The van der Waals surface area contributed by atoms with Crippen LogP contribution < -0.4 is 5.32 Å². The molecule has 1 saturated heterocycles. The molecule has 1 N–H and O–H groups in total. The third kappa shape index (κ3) is 4.09. The van der Waals surface area contributed by atoms with Crippen molar-refractivity contribution >= 4 is 0 Å². The molecule has 0 aliphatic carbocycles. The minimum absolute atomic E-state index is 0.0366. The number of nitrogens with zero attached hydrogens (tertiary/aromatic N) is 2. The summed E-state index contributed by atoms with van der Waals surface area (Å²) in [6.07, 6.45) is 3.71. The molecule has 0 saturated carbocycles. The molecule has 1 rings (SSSR count). The number of methoxy groups -OCH3 is 1. The third-order valence-corrected chi connectivity index (χ3v) is 3.22. The monoisotopic (exact) mass is 225 g/mol. The van der Waals surface area contributed by atoms with Gasteiger partial charge in [0.2, 0.25) is 0 Å². The summed E-state index contributed by atoms with van der Waals surface area (Å²) in [5.74, 6) is 0. The van der Waals surface area contributed by atoms with E-state index in [1.807, 2.05) is 6.92 Å². The maximum Gasteiger partial charge on any atom is 0.0952 e. The third-order valence-electron chi connectivity index (χ3n) is 3.22. The highest BCUT2D eigenvalue weighted by Crippen LogP contribution is 2.18. The highest BCUT2D eigenvalue weighted by Gasteiger charge is 2.25. The molecule has 0 aromatic rings. The first-order chi connectivity index (χ1) is 7.79. The van der Waals surface area contributed by atoms with Gasteiger partial charge in [-0.3, -0.25) is 4.90 Å². The van der Waals surface area contributed by atoms with Gasteiger partial charge in [0.15, 0.2) is 0 Å². The van der Waals surface area contributed by atoms with Crippen molar-refractivity contribution in [1.82, 2.24) is 10.2 Å². The maximum atomic E-state index is 8.98. The molecular weight excluding hydrogens is 202 g/mol. The van der Waals surface area contributed by atoms with Gasteiger partial charge in [0.1, 0.15) is 0 Å². The average molecular weight is 225 g/mol. The van der Waals surface area contributed by atoms with Gasteiger partial charge in [-0.15, -0.1) is 0 Å². The van der Waals surface area contributed by atoms with Crippen LogP contribution in [0, 0.1) is 11.3 Å². The number of hydrogen-bond donors (Lipinski definition) is 1. The molecule has 0 spiro atoms. The average Bonchev–Trinajstić information content (AvgIpc) is 2.34. The predicted molar refractivity (Wildman–Crippen MR) is 64.2 cm³/mol. The SMILES string of the molecule is COCCNCC1CCCCN1C(C)C#N. The van der Waals surface area contributed by atoms with Crippen LogP contribution >= 0.6 is 0 Å². The summed E-state index contributed by atoms with van der Waals surface area (Å²) in [6, 6.07) is 2.89. The summed E-state index contributed by atoms with van der Waals surface area (Å²) in [5, 5.41) is 12.4. The van der Waals surface area contributed by atoms with Crippen LogP contribution in [-0.2, 0) is 4.74 Å². The van der Waals surface area contributed by atoms with Gasteiger partial charge in [-0.05, 0) is 26.3 Å². The van der Waals surface area contributed by atoms with E-state index in [4.69, 9.17) is 10.00 Å². The lowest BCUT2D eigenvalue weighted by Gasteiger charge is -2.37. The van der Waals surface area contributed by atoms with Crippen LogP contribution in [0.2, 0.25) is 0 Å². The first kappa shape index (κ1) is 13.4. The molecule has 0 aromatic carbocycles. The molecule has 1 aliphatic rings. The summed E-state index contributed by atoms with van der Waals surface area (Å²) < 4.78 is 5.00. The molecule has 4 nitrogen and oxygen atoms in total. The first-order valence-electron chi connectivity index (χ1n) is 6.14. The lowest BCUT2D eigenvalue weighted by Crippen LogP contribution is -2.49. The molecule has 16 heavy (non-hydrogen) atoms. The molecule has 2 unspecified atom stereocenters. The van der Waals surface area contributed by atoms with Crippen LogP contribution in [0.1, 0.15) is 26.2 Å². The van der Waals surface area contributed by atoms with Gasteiger partial charge >= 0.3 is 0 Å². The molecule has 1 heterocycles. The second kappa shape index (κ2) is 7.61. The van der Waals surface area contributed by atoms with E-state index in [0.717, 1.165) is 26.2 Å². The van der Waals surface area contributed by atoms with Gasteiger partial charge in [0, 0.05) is 26.2 Å². The Labute approximate surface area is 98.6 Å². The molecule has 0 radical (unpaired) electrons. The predicted octanol–water partition coefficient (Wildman–Crippen LogP) is 0.989. The van der Waals surface area contributed by atoms with Crippen molar-refractivity contribution in [3.63, 3.8) is 0 Å². The van der Waals surface area contributed by atoms with E-state index in [1.54, 1.807) is 7.11 Å². The van der Waals surface area contributed by atoms with E-state index < -0.39 is 0 Å². The molecule has 2 atom stereocenters. The largest absolute Gasteiger partial charge is 0.383 e. The van der Waals surface area contributed by atoms with E-state index in [-0.39, 0.29) is 6.04 Å². The van der Waals surface area contributed by atoms with E-state index in [0.29, 0.717) is 6.04 Å². The fraction of sp³-hybridized carbons (Fsp3) is 0.917. The zero-order chi connectivity index (χ0) is 11.8. The number of likely N-dealkylation sites (tertiary alicyclic amines) is 1. The van der Waals surface area contributed by atoms with Crippen LogP contribution in [0.3, 0.4) is 0 Å². The van der Waals surface area contributed by atoms with Crippen LogP contribution in [0.15, 0.2) is 0 Å². The topological polar surface area (TPSA) is 48.3 Å². The summed E-state index contributed by atoms with van der Waals surface area (Å²) in [6.45, 7) is 5.66. The van der Waals surface area contributed by atoms with Gasteiger partial charge in [-0.1, -0.05) is 6.42 Å². The van der Waals surface area contributed by atoms with E-state index in [9.17, 15) is 0 Å². The normalized spacial score (nSPS) is 23.9. The van der Waals surface area contributed by atoms with Crippen molar-refractivity contribution in [2.24, 2.45) is 0 Å². The quantitative estimate of drug-likeness (QED) is 0.685. The van der Waals surface area contributed by atoms with Crippen molar-refractivity contribution in [3.8, 4) is 6.07 Å². The molecule has 0 amide bonds. The standard InChI is InChI=1S/C12H23N3O/c1-11(9-13)15-7-4-3-5-12(15)10-14-6-8-16-2/h11-12,14H,3-8,10H2,1-2H3. The number of rotatable bonds is 6. The second-order valence-electron chi connectivity index (χ2n) is 4.39. The number of piperidine rings is 1. The van der Waals surface area contributed by atoms with Crippen LogP contribution in [-0.4, -0.2) is 50.3 Å². The van der Waals surface area contributed by atoms with Crippen molar-refractivity contribution in [2.45, 2.75) is 38.3 Å².